The van der Waals surface area contributed by atoms with E-state index >= 15 is 0 Å². The van der Waals surface area contributed by atoms with E-state index in [-0.39, 0.29) is 0 Å². The van der Waals surface area contributed by atoms with E-state index in [0.717, 1.165) is 6.07 Å². The summed E-state index contributed by atoms with van der Waals surface area (Å²) in [5.41, 5.74) is 0.419. The molecule has 3 aromatic rings. The summed E-state index contributed by atoms with van der Waals surface area (Å²) < 4.78 is 37.7. The Labute approximate surface area is 94.1 Å². The highest BCUT2D eigenvalue weighted by Gasteiger charge is 2.32. The largest absolute Gasteiger partial charge is 0.431 e. The van der Waals surface area contributed by atoms with Crippen LogP contribution in [0.15, 0.2) is 36.5 Å². The van der Waals surface area contributed by atoms with Gasteiger partial charge in [-0.25, -0.2) is 0 Å². The summed E-state index contributed by atoms with van der Waals surface area (Å²) in [4.78, 5) is 6.52. The minimum atomic E-state index is -4.35. The SMILES string of the molecule is FC(F)(F)c1cc2ccc3ncccc3c2[nH]1. The van der Waals surface area contributed by atoms with Gasteiger partial charge in [0.15, 0.2) is 0 Å². The van der Waals surface area contributed by atoms with Crippen LogP contribution in [0, 0.1) is 0 Å². The number of alkyl halides is 3. The van der Waals surface area contributed by atoms with Crippen molar-refractivity contribution in [1.82, 2.24) is 9.97 Å². The molecule has 0 bridgehead atoms. The predicted octanol–water partition coefficient (Wildman–Crippen LogP) is 3.73. The summed E-state index contributed by atoms with van der Waals surface area (Å²) in [6.45, 7) is 0. The van der Waals surface area contributed by atoms with E-state index in [0.29, 0.717) is 21.8 Å². The van der Waals surface area contributed by atoms with E-state index in [1.54, 1.807) is 30.5 Å². The number of nitrogens with one attached hydrogen (secondary N) is 1. The third-order valence-corrected chi connectivity index (χ3v) is 2.68. The molecule has 2 heterocycles. The van der Waals surface area contributed by atoms with Crippen LogP contribution in [0.2, 0.25) is 0 Å². The molecule has 0 fully saturated rings. The number of nitrogens with zero attached hydrogens (tertiary/aromatic N) is 1. The molecule has 0 radical (unpaired) electrons. The topological polar surface area (TPSA) is 28.7 Å². The Bertz CT molecular complexity index is 698. The molecule has 2 aromatic heterocycles. The first-order valence-electron chi connectivity index (χ1n) is 4.99. The molecule has 0 atom stereocenters. The molecule has 5 heteroatoms. The van der Waals surface area contributed by atoms with Crippen LogP contribution in [0.1, 0.15) is 5.69 Å². The maximum atomic E-state index is 12.6. The number of pyridine rings is 1. The molecule has 3 rings (SSSR count). The van der Waals surface area contributed by atoms with Crippen LogP contribution in [0.25, 0.3) is 21.8 Å². The van der Waals surface area contributed by atoms with Crippen LogP contribution in [0.5, 0.6) is 0 Å². The van der Waals surface area contributed by atoms with Crippen molar-refractivity contribution in [3.63, 3.8) is 0 Å². The summed E-state index contributed by atoms with van der Waals surface area (Å²) in [6.07, 6.45) is -2.74. The lowest BCUT2D eigenvalue weighted by atomic mass is 10.1. The first-order chi connectivity index (χ1) is 8.05. The normalized spacial score (nSPS) is 12.4. The van der Waals surface area contributed by atoms with Crippen LogP contribution in [-0.2, 0) is 6.18 Å². The fourth-order valence-corrected chi connectivity index (χ4v) is 1.91. The van der Waals surface area contributed by atoms with E-state index in [1.807, 2.05) is 0 Å². The van der Waals surface area contributed by atoms with Gasteiger partial charge in [0.05, 0.1) is 11.0 Å². The average Bonchev–Trinajstić information content (AvgIpc) is 2.72. The van der Waals surface area contributed by atoms with Gasteiger partial charge in [-0.1, -0.05) is 6.07 Å². The smallest absolute Gasteiger partial charge is 0.350 e. The molecule has 0 amide bonds. The van der Waals surface area contributed by atoms with Crippen LogP contribution < -0.4 is 0 Å². The summed E-state index contributed by atoms with van der Waals surface area (Å²) in [6, 6.07) is 7.92. The monoisotopic (exact) mass is 236 g/mol. The number of benzene rings is 1. The van der Waals surface area contributed by atoms with Crippen LogP contribution in [-0.4, -0.2) is 9.97 Å². The Kier molecular flexibility index (Phi) is 1.92. The van der Waals surface area contributed by atoms with Gasteiger partial charge >= 0.3 is 6.18 Å². The molecule has 0 aliphatic heterocycles. The predicted molar refractivity (Wildman–Crippen MR) is 58.6 cm³/mol. The van der Waals surface area contributed by atoms with Crippen molar-refractivity contribution in [2.75, 3.05) is 0 Å². The number of hydrogen-bond acceptors (Lipinski definition) is 1. The minimum absolute atomic E-state index is 0.475. The number of fused-ring (bicyclic) bond motifs is 3. The summed E-state index contributed by atoms with van der Waals surface area (Å²) in [5, 5.41) is 1.23. The van der Waals surface area contributed by atoms with Crippen LogP contribution >= 0.6 is 0 Å². The molecule has 0 aliphatic rings. The first-order valence-corrected chi connectivity index (χ1v) is 4.99. The lowest BCUT2D eigenvalue weighted by molar-refractivity contribution is -0.140. The lowest BCUT2D eigenvalue weighted by Gasteiger charge is -2.01. The van der Waals surface area contributed by atoms with Crippen molar-refractivity contribution in [3.8, 4) is 0 Å². The van der Waals surface area contributed by atoms with Gasteiger partial charge < -0.3 is 4.98 Å². The van der Waals surface area contributed by atoms with Crippen LogP contribution in [0.3, 0.4) is 0 Å². The Morgan fingerprint density at radius 3 is 2.71 bits per heavy atom. The van der Waals surface area contributed by atoms with Gasteiger partial charge in [-0.05, 0) is 24.3 Å². The van der Waals surface area contributed by atoms with Crippen molar-refractivity contribution < 1.29 is 13.2 Å². The van der Waals surface area contributed by atoms with Gasteiger partial charge in [0.25, 0.3) is 0 Å². The van der Waals surface area contributed by atoms with Gasteiger partial charge in [0, 0.05) is 17.0 Å². The summed E-state index contributed by atoms with van der Waals surface area (Å²) >= 11 is 0. The molecule has 1 N–H and O–H groups in total. The molecule has 0 saturated heterocycles. The van der Waals surface area contributed by atoms with Crippen molar-refractivity contribution >= 4 is 21.8 Å². The second-order valence-electron chi connectivity index (χ2n) is 3.78. The van der Waals surface area contributed by atoms with Gasteiger partial charge in [-0.3, -0.25) is 4.98 Å². The fourth-order valence-electron chi connectivity index (χ4n) is 1.91. The molecule has 0 spiro atoms. The Hall–Kier alpha value is -2.04. The van der Waals surface area contributed by atoms with Crippen molar-refractivity contribution in [2.45, 2.75) is 6.18 Å². The van der Waals surface area contributed by atoms with E-state index < -0.39 is 11.9 Å². The highest BCUT2D eigenvalue weighted by Crippen LogP contribution is 2.33. The third-order valence-electron chi connectivity index (χ3n) is 2.68. The zero-order valence-corrected chi connectivity index (χ0v) is 8.55. The van der Waals surface area contributed by atoms with E-state index in [1.165, 1.54) is 0 Å². The molecule has 1 aromatic carbocycles. The average molecular weight is 236 g/mol. The standard InChI is InChI=1S/C12H7F3N2/c13-12(14,15)10-6-7-3-4-9-8(11(7)17-10)2-1-5-16-9/h1-6,17H. The number of rotatable bonds is 0. The van der Waals surface area contributed by atoms with E-state index in [4.69, 9.17) is 0 Å². The van der Waals surface area contributed by atoms with Gasteiger partial charge in [0.1, 0.15) is 5.69 Å². The first kappa shape index (κ1) is 10.1. The second-order valence-corrected chi connectivity index (χ2v) is 3.78. The highest BCUT2D eigenvalue weighted by atomic mass is 19.4. The summed E-state index contributed by atoms with van der Waals surface area (Å²) in [7, 11) is 0. The molecule has 0 aliphatic carbocycles. The van der Waals surface area contributed by atoms with Gasteiger partial charge in [-0.2, -0.15) is 13.2 Å². The van der Waals surface area contributed by atoms with Gasteiger partial charge in [0.2, 0.25) is 0 Å². The molecular formula is C12H7F3N2. The van der Waals surface area contributed by atoms with Gasteiger partial charge in [-0.15, -0.1) is 0 Å². The van der Waals surface area contributed by atoms with E-state index in [9.17, 15) is 13.2 Å². The summed E-state index contributed by atoms with van der Waals surface area (Å²) in [5.74, 6) is 0. The fraction of sp³-hybridized carbons (Fsp3) is 0.0833. The number of aromatic nitrogens is 2. The van der Waals surface area contributed by atoms with Crippen molar-refractivity contribution in [2.24, 2.45) is 0 Å². The van der Waals surface area contributed by atoms with Crippen molar-refractivity contribution in [3.05, 3.63) is 42.2 Å². The Morgan fingerprint density at radius 1 is 1.12 bits per heavy atom. The number of hydrogen-bond donors (Lipinski definition) is 1. The molecule has 2 nitrogen and oxygen atoms in total. The quantitative estimate of drug-likeness (QED) is 0.632. The molecule has 17 heavy (non-hydrogen) atoms. The molecule has 0 unspecified atom stereocenters. The Balaban J connectivity index is 2.39. The zero-order valence-electron chi connectivity index (χ0n) is 8.55. The number of aromatic amines is 1. The van der Waals surface area contributed by atoms with Crippen molar-refractivity contribution in [1.29, 1.82) is 0 Å². The van der Waals surface area contributed by atoms with E-state index in [2.05, 4.69) is 9.97 Å². The van der Waals surface area contributed by atoms with Crippen LogP contribution in [0.4, 0.5) is 13.2 Å². The maximum Gasteiger partial charge on any atom is 0.431 e. The number of H-pyrrole nitrogens is 1. The second kappa shape index (κ2) is 3.23. The molecular weight excluding hydrogens is 229 g/mol. The Morgan fingerprint density at radius 2 is 1.94 bits per heavy atom. The highest BCUT2D eigenvalue weighted by molar-refractivity contribution is 6.04. The third kappa shape index (κ3) is 1.54. The maximum absolute atomic E-state index is 12.6. The minimum Gasteiger partial charge on any atom is -0.350 e. The number of halogens is 3. The molecule has 0 saturated carbocycles. The molecule has 86 valence electrons. The lowest BCUT2D eigenvalue weighted by Crippen LogP contribution is -2.04. The zero-order chi connectivity index (χ0) is 12.0.